The maximum atomic E-state index is 13.1. The van der Waals surface area contributed by atoms with Crippen molar-refractivity contribution in [2.24, 2.45) is 11.8 Å². The molecule has 7 heteroatoms. The zero-order valence-electron chi connectivity index (χ0n) is 20.0. The van der Waals surface area contributed by atoms with Gasteiger partial charge in [0.2, 0.25) is 5.91 Å². The third kappa shape index (κ3) is 5.28. The number of ether oxygens (including phenoxy) is 1. The van der Waals surface area contributed by atoms with Gasteiger partial charge in [0.15, 0.2) is 11.7 Å². The molecule has 1 saturated heterocycles. The van der Waals surface area contributed by atoms with E-state index in [0.29, 0.717) is 41.8 Å². The molecule has 2 aromatic carbocycles. The molecule has 0 spiro atoms. The Bertz CT molecular complexity index is 1180. The molecular formula is C27H31N5O2. The van der Waals surface area contributed by atoms with Crippen LogP contribution in [0.5, 0.6) is 5.75 Å². The van der Waals surface area contributed by atoms with Crippen molar-refractivity contribution in [1.29, 1.82) is 5.26 Å². The summed E-state index contributed by atoms with van der Waals surface area (Å²) in [6.07, 6.45) is 1.81. The number of nitrogens with zero attached hydrogens (tertiary/aromatic N) is 4. The summed E-state index contributed by atoms with van der Waals surface area (Å²) >= 11 is 0. The van der Waals surface area contributed by atoms with Crippen molar-refractivity contribution in [3.63, 3.8) is 0 Å². The van der Waals surface area contributed by atoms with E-state index in [1.165, 1.54) is 0 Å². The third-order valence-corrected chi connectivity index (χ3v) is 6.28. The number of benzene rings is 2. The van der Waals surface area contributed by atoms with Crippen LogP contribution in [0.3, 0.4) is 0 Å². The van der Waals surface area contributed by atoms with Crippen LogP contribution in [0.4, 0.5) is 5.82 Å². The Hall–Kier alpha value is -3.66. The molecule has 176 valence electrons. The first-order valence-electron chi connectivity index (χ1n) is 11.8. The minimum Gasteiger partial charge on any atom is -0.497 e. The largest absolute Gasteiger partial charge is 0.497 e. The van der Waals surface area contributed by atoms with Gasteiger partial charge < -0.3 is 15.0 Å². The topological polar surface area (TPSA) is 91.1 Å². The molecule has 34 heavy (non-hydrogen) atoms. The number of carbonyl (C=O) groups is 1. The molecule has 0 aliphatic carbocycles. The fraction of sp³-hybridized carbons (Fsp3) is 0.407. The molecule has 3 unspecified atom stereocenters. The van der Waals surface area contributed by atoms with Crippen molar-refractivity contribution in [3.05, 3.63) is 59.8 Å². The van der Waals surface area contributed by atoms with E-state index in [9.17, 15) is 10.1 Å². The van der Waals surface area contributed by atoms with Crippen LogP contribution in [-0.4, -0.2) is 42.6 Å². The van der Waals surface area contributed by atoms with Gasteiger partial charge in [0.1, 0.15) is 11.4 Å². The highest BCUT2D eigenvalue weighted by Crippen LogP contribution is 2.31. The van der Waals surface area contributed by atoms with Gasteiger partial charge in [-0.05, 0) is 54.5 Å². The van der Waals surface area contributed by atoms with Gasteiger partial charge in [0.05, 0.1) is 24.2 Å². The van der Waals surface area contributed by atoms with E-state index in [2.05, 4.69) is 30.1 Å². The number of hydrogen-bond acceptors (Lipinski definition) is 6. The molecule has 3 aromatic rings. The zero-order chi connectivity index (χ0) is 24.1. The average molecular weight is 458 g/mol. The Labute approximate surface area is 200 Å². The molecule has 1 N–H and O–H groups in total. The lowest BCUT2D eigenvalue weighted by molar-refractivity contribution is -0.121. The number of nitrogens with one attached hydrogen (secondary N) is 1. The van der Waals surface area contributed by atoms with Gasteiger partial charge in [-0.2, -0.15) is 5.26 Å². The van der Waals surface area contributed by atoms with E-state index in [1.54, 1.807) is 7.11 Å². The number of hydrogen-bond donors (Lipinski definition) is 1. The molecule has 1 aliphatic heterocycles. The SMILES string of the molecule is COc1ccc(CCNC(=O)C(C#N)c2nc3ccccc3nc2N2CC(C)CC(C)C2)cc1. The Morgan fingerprint density at radius 3 is 2.38 bits per heavy atom. The lowest BCUT2D eigenvalue weighted by Crippen LogP contribution is -2.40. The van der Waals surface area contributed by atoms with E-state index in [4.69, 9.17) is 14.7 Å². The summed E-state index contributed by atoms with van der Waals surface area (Å²) in [5.74, 6) is 1.07. The van der Waals surface area contributed by atoms with Gasteiger partial charge in [-0.25, -0.2) is 9.97 Å². The molecule has 3 atom stereocenters. The summed E-state index contributed by atoms with van der Waals surface area (Å²) in [6.45, 7) is 6.55. The Kier molecular flexibility index (Phi) is 7.27. The number of nitriles is 1. The summed E-state index contributed by atoms with van der Waals surface area (Å²) in [7, 11) is 1.63. The van der Waals surface area contributed by atoms with E-state index in [0.717, 1.165) is 36.3 Å². The molecule has 7 nitrogen and oxygen atoms in total. The second kappa shape index (κ2) is 10.5. The van der Waals surface area contributed by atoms with Crippen molar-refractivity contribution >= 4 is 22.8 Å². The van der Waals surface area contributed by atoms with Crippen molar-refractivity contribution in [1.82, 2.24) is 15.3 Å². The Morgan fingerprint density at radius 2 is 1.76 bits per heavy atom. The van der Waals surface area contributed by atoms with Crippen molar-refractivity contribution in [2.75, 3.05) is 31.6 Å². The zero-order valence-corrected chi connectivity index (χ0v) is 20.0. The number of aromatic nitrogens is 2. The molecular weight excluding hydrogens is 426 g/mol. The maximum absolute atomic E-state index is 13.1. The molecule has 4 rings (SSSR count). The van der Waals surface area contributed by atoms with Crippen LogP contribution < -0.4 is 15.0 Å². The summed E-state index contributed by atoms with van der Waals surface area (Å²) in [6, 6.07) is 17.5. The van der Waals surface area contributed by atoms with Crippen LogP contribution in [0.25, 0.3) is 11.0 Å². The second-order valence-corrected chi connectivity index (χ2v) is 9.22. The van der Waals surface area contributed by atoms with Crippen molar-refractivity contribution in [2.45, 2.75) is 32.6 Å². The highest BCUT2D eigenvalue weighted by atomic mass is 16.5. The van der Waals surface area contributed by atoms with Crippen LogP contribution in [-0.2, 0) is 11.2 Å². The van der Waals surface area contributed by atoms with Crippen LogP contribution in [0.15, 0.2) is 48.5 Å². The number of carbonyl (C=O) groups excluding carboxylic acids is 1. The monoisotopic (exact) mass is 457 g/mol. The first kappa shape index (κ1) is 23.5. The number of fused-ring (bicyclic) bond motifs is 1. The number of anilines is 1. The first-order chi connectivity index (χ1) is 16.5. The molecule has 1 aliphatic rings. The van der Waals surface area contributed by atoms with Gasteiger partial charge in [-0.15, -0.1) is 0 Å². The lowest BCUT2D eigenvalue weighted by Gasteiger charge is -2.36. The average Bonchev–Trinajstić information content (AvgIpc) is 2.84. The van der Waals surface area contributed by atoms with Gasteiger partial charge in [0, 0.05) is 19.6 Å². The summed E-state index contributed by atoms with van der Waals surface area (Å²) in [4.78, 5) is 25.0. The smallest absolute Gasteiger partial charge is 0.243 e. The Morgan fingerprint density at radius 1 is 1.12 bits per heavy atom. The predicted molar refractivity (Wildman–Crippen MR) is 133 cm³/mol. The number of rotatable bonds is 7. The summed E-state index contributed by atoms with van der Waals surface area (Å²) in [5.41, 5.74) is 2.97. The highest BCUT2D eigenvalue weighted by molar-refractivity contribution is 5.88. The van der Waals surface area contributed by atoms with Gasteiger partial charge in [0.25, 0.3) is 0 Å². The summed E-state index contributed by atoms with van der Waals surface area (Å²) < 4.78 is 5.19. The normalized spacial score (nSPS) is 18.8. The fourth-order valence-electron chi connectivity index (χ4n) is 4.73. The highest BCUT2D eigenvalue weighted by Gasteiger charge is 2.31. The maximum Gasteiger partial charge on any atom is 0.243 e. The van der Waals surface area contributed by atoms with Crippen LogP contribution >= 0.6 is 0 Å². The number of para-hydroxylation sites is 2. The minimum absolute atomic E-state index is 0.347. The molecule has 1 aromatic heterocycles. The standard InChI is InChI=1S/C27H31N5O2/c1-18-14-19(2)17-32(16-18)26-25(30-23-6-4-5-7-24(23)31-26)22(15-28)27(33)29-13-12-20-8-10-21(34-3)11-9-20/h4-11,18-19,22H,12-14,16-17H2,1-3H3,(H,29,33). The van der Waals surface area contributed by atoms with E-state index < -0.39 is 5.92 Å². The molecule has 1 amide bonds. The second-order valence-electron chi connectivity index (χ2n) is 9.22. The van der Waals surface area contributed by atoms with Crippen LogP contribution in [0.1, 0.15) is 37.4 Å². The van der Waals surface area contributed by atoms with Crippen LogP contribution in [0, 0.1) is 23.2 Å². The van der Waals surface area contributed by atoms with Crippen molar-refractivity contribution < 1.29 is 9.53 Å². The fourth-order valence-corrected chi connectivity index (χ4v) is 4.73. The Balaban J connectivity index is 1.57. The van der Waals surface area contributed by atoms with Gasteiger partial charge in [-0.3, -0.25) is 4.79 Å². The molecule has 0 radical (unpaired) electrons. The van der Waals surface area contributed by atoms with Gasteiger partial charge >= 0.3 is 0 Å². The van der Waals surface area contributed by atoms with E-state index in [1.807, 2.05) is 48.5 Å². The summed E-state index contributed by atoms with van der Waals surface area (Å²) in [5, 5.41) is 12.9. The molecule has 2 heterocycles. The number of methoxy groups -OCH3 is 1. The minimum atomic E-state index is -1.03. The number of amides is 1. The predicted octanol–water partition coefficient (Wildman–Crippen LogP) is 4.09. The molecule has 0 bridgehead atoms. The van der Waals surface area contributed by atoms with Crippen molar-refractivity contribution in [3.8, 4) is 11.8 Å². The van der Waals surface area contributed by atoms with Gasteiger partial charge in [-0.1, -0.05) is 38.1 Å². The molecule has 1 fully saturated rings. The van der Waals surface area contributed by atoms with E-state index >= 15 is 0 Å². The molecule has 0 saturated carbocycles. The quantitative estimate of drug-likeness (QED) is 0.575. The first-order valence-corrected chi connectivity index (χ1v) is 11.8. The third-order valence-electron chi connectivity index (χ3n) is 6.28. The van der Waals surface area contributed by atoms with Crippen LogP contribution in [0.2, 0.25) is 0 Å². The number of piperidine rings is 1. The lowest BCUT2D eigenvalue weighted by atomic mass is 9.91. The van der Waals surface area contributed by atoms with E-state index in [-0.39, 0.29) is 5.91 Å².